The molecule has 0 saturated carbocycles. The molecule has 1 N–H and O–H groups in total. The van der Waals surface area contributed by atoms with E-state index in [1.54, 1.807) is 12.1 Å². The number of carbonyl (C=O) groups is 1. The number of ether oxygens (including phenoxy) is 1. The van der Waals surface area contributed by atoms with Gasteiger partial charge in [-0.25, -0.2) is 4.79 Å². The molecule has 0 amide bonds. The Morgan fingerprint density at radius 2 is 1.93 bits per heavy atom. The molecule has 3 nitrogen and oxygen atoms in total. The number of hydrogen-bond donors (Lipinski definition) is 1. The summed E-state index contributed by atoms with van der Waals surface area (Å²) in [5.74, 6) is -0.466. The summed E-state index contributed by atoms with van der Waals surface area (Å²) in [6, 6.07) is 3.38. The first kappa shape index (κ1) is 11.6. The number of aryl methyl sites for hydroxylation is 1. The zero-order valence-corrected chi connectivity index (χ0v) is 9.50. The summed E-state index contributed by atoms with van der Waals surface area (Å²) in [5.41, 5.74) is 2.16. The van der Waals surface area contributed by atoms with Gasteiger partial charge in [-0.05, 0) is 44.9 Å². The SMILES string of the molecule is Cc1ccc(C(=O)O)c(OC(C)C)c1C. The quantitative estimate of drug-likeness (QED) is 0.830. The van der Waals surface area contributed by atoms with Gasteiger partial charge in [-0.2, -0.15) is 0 Å². The molecule has 0 radical (unpaired) electrons. The molecule has 0 fully saturated rings. The summed E-state index contributed by atoms with van der Waals surface area (Å²) in [7, 11) is 0. The summed E-state index contributed by atoms with van der Waals surface area (Å²) in [4.78, 5) is 11.0. The lowest BCUT2D eigenvalue weighted by Crippen LogP contribution is -2.11. The van der Waals surface area contributed by atoms with Gasteiger partial charge in [0, 0.05) is 0 Å². The minimum atomic E-state index is -0.950. The average Bonchev–Trinajstić information content (AvgIpc) is 2.12. The van der Waals surface area contributed by atoms with Gasteiger partial charge in [-0.3, -0.25) is 0 Å². The van der Waals surface area contributed by atoms with E-state index < -0.39 is 5.97 Å². The molecule has 0 spiro atoms. The highest BCUT2D eigenvalue weighted by atomic mass is 16.5. The van der Waals surface area contributed by atoms with Crippen molar-refractivity contribution in [1.29, 1.82) is 0 Å². The van der Waals surface area contributed by atoms with Crippen LogP contribution in [0.3, 0.4) is 0 Å². The van der Waals surface area contributed by atoms with Crippen molar-refractivity contribution in [3.05, 3.63) is 28.8 Å². The molecule has 1 aromatic rings. The lowest BCUT2D eigenvalue weighted by molar-refractivity contribution is 0.0690. The third-order valence-electron chi connectivity index (χ3n) is 2.26. The van der Waals surface area contributed by atoms with Crippen LogP contribution in [-0.2, 0) is 0 Å². The highest BCUT2D eigenvalue weighted by Crippen LogP contribution is 2.27. The topological polar surface area (TPSA) is 46.5 Å². The van der Waals surface area contributed by atoms with Crippen molar-refractivity contribution in [3.8, 4) is 5.75 Å². The predicted octanol–water partition coefficient (Wildman–Crippen LogP) is 2.79. The zero-order valence-electron chi connectivity index (χ0n) is 9.50. The maximum Gasteiger partial charge on any atom is 0.339 e. The Hall–Kier alpha value is -1.51. The molecule has 0 unspecified atom stereocenters. The van der Waals surface area contributed by atoms with Gasteiger partial charge in [0.25, 0.3) is 0 Å². The van der Waals surface area contributed by atoms with Crippen LogP contribution < -0.4 is 4.74 Å². The number of aromatic carboxylic acids is 1. The number of carboxylic acids is 1. The van der Waals surface area contributed by atoms with Crippen molar-refractivity contribution in [2.24, 2.45) is 0 Å². The van der Waals surface area contributed by atoms with Gasteiger partial charge in [0.15, 0.2) is 0 Å². The van der Waals surface area contributed by atoms with E-state index in [0.717, 1.165) is 11.1 Å². The van der Waals surface area contributed by atoms with Gasteiger partial charge in [0.05, 0.1) is 6.10 Å². The van der Waals surface area contributed by atoms with E-state index in [1.807, 2.05) is 27.7 Å². The second kappa shape index (κ2) is 4.34. The van der Waals surface area contributed by atoms with Crippen molar-refractivity contribution >= 4 is 5.97 Å². The molecule has 0 bridgehead atoms. The second-order valence-corrected chi connectivity index (χ2v) is 3.86. The molecule has 0 aliphatic rings. The number of rotatable bonds is 3. The standard InChI is InChI=1S/C12H16O3/c1-7(2)15-11-9(4)8(3)5-6-10(11)12(13)14/h5-7H,1-4H3,(H,13,14). The first-order valence-corrected chi connectivity index (χ1v) is 4.93. The number of hydrogen-bond acceptors (Lipinski definition) is 2. The third-order valence-corrected chi connectivity index (χ3v) is 2.26. The first-order valence-electron chi connectivity index (χ1n) is 4.93. The lowest BCUT2D eigenvalue weighted by atomic mass is 10.0. The molecule has 0 saturated heterocycles. The van der Waals surface area contributed by atoms with Crippen LogP contribution in [0.15, 0.2) is 12.1 Å². The Morgan fingerprint density at radius 3 is 2.40 bits per heavy atom. The van der Waals surface area contributed by atoms with Crippen LogP contribution in [0.4, 0.5) is 0 Å². The molecule has 0 atom stereocenters. The molecular weight excluding hydrogens is 192 g/mol. The van der Waals surface area contributed by atoms with Gasteiger partial charge in [-0.1, -0.05) is 6.07 Å². The fraction of sp³-hybridized carbons (Fsp3) is 0.417. The highest BCUT2D eigenvalue weighted by molar-refractivity contribution is 5.91. The summed E-state index contributed by atoms with van der Waals surface area (Å²) in [5, 5.41) is 9.01. The van der Waals surface area contributed by atoms with Gasteiger partial charge in [0.2, 0.25) is 0 Å². The fourth-order valence-electron chi connectivity index (χ4n) is 1.35. The van der Waals surface area contributed by atoms with E-state index in [-0.39, 0.29) is 11.7 Å². The van der Waals surface area contributed by atoms with Crippen LogP contribution in [-0.4, -0.2) is 17.2 Å². The van der Waals surface area contributed by atoms with E-state index in [9.17, 15) is 4.79 Å². The molecule has 82 valence electrons. The van der Waals surface area contributed by atoms with E-state index in [1.165, 1.54) is 0 Å². The monoisotopic (exact) mass is 208 g/mol. The summed E-state index contributed by atoms with van der Waals surface area (Å²) in [6.45, 7) is 7.58. The first-order chi connectivity index (χ1) is 6.93. The molecule has 0 heterocycles. The normalized spacial score (nSPS) is 10.5. The molecular formula is C12H16O3. The van der Waals surface area contributed by atoms with E-state index in [2.05, 4.69) is 0 Å². The van der Waals surface area contributed by atoms with Gasteiger partial charge < -0.3 is 9.84 Å². The molecule has 1 rings (SSSR count). The van der Waals surface area contributed by atoms with Crippen LogP contribution in [0.2, 0.25) is 0 Å². The summed E-state index contributed by atoms with van der Waals surface area (Å²) < 4.78 is 5.54. The van der Waals surface area contributed by atoms with Gasteiger partial charge in [0.1, 0.15) is 11.3 Å². The summed E-state index contributed by atoms with van der Waals surface area (Å²) in [6.07, 6.45) is -0.0244. The molecule has 1 aromatic carbocycles. The number of benzene rings is 1. The maximum atomic E-state index is 11.0. The largest absolute Gasteiger partial charge is 0.490 e. The minimum absolute atomic E-state index is 0.0244. The van der Waals surface area contributed by atoms with Crippen molar-refractivity contribution in [1.82, 2.24) is 0 Å². The molecule has 3 heteroatoms. The molecule has 0 aromatic heterocycles. The van der Waals surface area contributed by atoms with Crippen LogP contribution in [0.5, 0.6) is 5.75 Å². The van der Waals surface area contributed by atoms with Crippen molar-refractivity contribution in [3.63, 3.8) is 0 Å². The average molecular weight is 208 g/mol. The fourth-order valence-corrected chi connectivity index (χ4v) is 1.35. The highest BCUT2D eigenvalue weighted by Gasteiger charge is 2.15. The van der Waals surface area contributed by atoms with Gasteiger partial charge >= 0.3 is 5.97 Å². The van der Waals surface area contributed by atoms with E-state index in [4.69, 9.17) is 9.84 Å². The summed E-state index contributed by atoms with van der Waals surface area (Å²) >= 11 is 0. The van der Waals surface area contributed by atoms with Crippen molar-refractivity contribution in [2.45, 2.75) is 33.8 Å². The molecule has 0 aliphatic heterocycles. The third kappa shape index (κ3) is 2.49. The van der Waals surface area contributed by atoms with E-state index in [0.29, 0.717) is 5.75 Å². The van der Waals surface area contributed by atoms with Crippen LogP contribution in [0.1, 0.15) is 35.3 Å². The lowest BCUT2D eigenvalue weighted by Gasteiger charge is -2.16. The number of carboxylic acid groups (broad SMARTS) is 1. The Morgan fingerprint density at radius 1 is 1.33 bits per heavy atom. The van der Waals surface area contributed by atoms with Crippen molar-refractivity contribution < 1.29 is 14.6 Å². The second-order valence-electron chi connectivity index (χ2n) is 3.86. The van der Waals surface area contributed by atoms with Crippen LogP contribution in [0, 0.1) is 13.8 Å². The molecule has 0 aliphatic carbocycles. The van der Waals surface area contributed by atoms with E-state index >= 15 is 0 Å². The minimum Gasteiger partial charge on any atom is -0.490 e. The zero-order chi connectivity index (χ0) is 11.6. The Labute approximate surface area is 89.7 Å². The van der Waals surface area contributed by atoms with Crippen molar-refractivity contribution in [2.75, 3.05) is 0 Å². The molecule has 15 heavy (non-hydrogen) atoms. The Bertz CT molecular complexity index is 381. The van der Waals surface area contributed by atoms with Gasteiger partial charge in [-0.15, -0.1) is 0 Å². The Balaban J connectivity index is 3.28. The maximum absolute atomic E-state index is 11.0. The smallest absolute Gasteiger partial charge is 0.339 e. The van der Waals surface area contributed by atoms with Crippen LogP contribution in [0.25, 0.3) is 0 Å². The predicted molar refractivity (Wildman–Crippen MR) is 58.6 cm³/mol. The van der Waals surface area contributed by atoms with Crippen LogP contribution >= 0.6 is 0 Å². The Kier molecular flexibility index (Phi) is 3.35.